The van der Waals surface area contributed by atoms with Gasteiger partial charge < -0.3 is 29.4 Å². The van der Waals surface area contributed by atoms with E-state index in [1.54, 1.807) is 6.07 Å². The molecule has 9 heteroatoms. The number of aliphatic hydroxyl groups excluding tert-OH is 1. The number of nitrogens with zero attached hydrogens (tertiary/aromatic N) is 2. The molecule has 2 aromatic heterocycles. The van der Waals surface area contributed by atoms with Gasteiger partial charge in [0, 0.05) is 5.56 Å². The van der Waals surface area contributed by atoms with E-state index in [9.17, 15) is 10.2 Å². The molecule has 6 rings (SSSR count). The van der Waals surface area contributed by atoms with Gasteiger partial charge in [0.1, 0.15) is 18.3 Å². The quantitative estimate of drug-likeness (QED) is 0.343. The Labute approximate surface area is 219 Å². The van der Waals surface area contributed by atoms with Gasteiger partial charge in [-0.15, -0.1) is 0 Å². The van der Waals surface area contributed by atoms with Gasteiger partial charge in [-0.2, -0.15) is 4.98 Å². The molecule has 2 aromatic carbocycles. The number of benzene rings is 2. The number of nitrogens with one attached hydrogen (secondary N) is 1. The van der Waals surface area contributed by atoms with Crippen molar-refractivity contribution in [1.29, 1.82) is 0 Å². The van der Waals surface area contributed by atoms with Crippen LogP contribution in [0.2, 0.25) is 5.02 Å². The molecule has 8 nitrogen and oxygen atoms in total. The highest BCUT2D eigenvalue weighted by Crippen LogP contribution is 2.33. The third-order valence-electron chi connectivity index (χ3n) is 7.34. The summed E-state index contributed by atoms with van der Waals surface area (Å²) in [7, 11) is 0. The Morgan fingerprint density at radius 3 is 2.35 bits per heavy atom. The number of imidazole rings is 1. The molecule has 2 aliphatic heterocycles. The maximum absolute atomic E-state index is 10.5. The number of hydrogen-bond acceptors (Lipinski definition) is 7. The van der Waals surface area contributed by atoms with Gasteiger partial charge in [-0.1, -0.05) is 67.1 Å². The minimum Gasteiger partial charge on any atom is -0.456 e. The summed E-state index contributed by atoms with van der Waals surface area (Å²) in [6.45, 7) is 4.35. The smallest absolute Gasteiger partial charge is 0.296 e. The average molecular weight is 522 g/mol. The zero-order chi connectivity index (χ0) is 25.7. The zero-order valence-corrected chi connectivity index (χ0v) is 21.3. The minimum atomic E-state index is -0.833. The first-order chi connectivity index (χ1) is 17.8. The summed E-state index contributed by atoms with van der Waals surface area (Å²) in [4.78, 5) is 12.3. The fourth-order valence-corrected chi connectivity index (χ4v) is 5.15. The van der Waals surface area contributed by atoms with Gasteiger partial charge >= 0.3 is 0 Å². The predicted molar refractivity (Wildman–Crippen MR) is 140 cm³/mol. The van der Waals surface area contributed by atoms with E-state index in [-0.39, 0.29) is 24.9 Å². The molecule has 37 heavy (non-hydrogen) atoms. The predicted octanol–water partition coefficient (Wildman–Crippen LogP) is 4.47. The van der Waals surface area contributed by atoms with Crippen LogP contribution in [0.4, 0.5) is 0 Å². The topological polar surface area (TPSA) is 110 Å². The second-order valence-electron chi connectivity index (χ2n) is 9.83. The third kappa shape index (κ3) is 4.49. The number of aliphatic hydroxyl groups is 2. The highest BCUT2D eigenvalue weighted by atomic mass is 35.5. The molecule has 0 radical (unpaired) electrons. The van der Waals surface area contributed by atoms with E-state index in [2.05, 4.69) is 15.0 Å². The molecule has 2 saturated heterocycles. The Bertz CT molecular complexity index is 1420. The lowest BCUT2D eigenvalue weighted by atomic mass is 9.91. The standard InChI is InChI=1S/C28H28ClN3O5/c1-3-28(2,34)18-10-8-16(9-11-18)15-4-6-17(7-5-15)23-19(29)12-20-26(31-23)32-27(30-20)37-22-14-36-24-21(33)13-35-25(22)24/h4-12,21-22,24-25,33-34H,3,13-14H2,1-2H3,(H,30,31,32)/t21-,22-,24-,25-,28?/m1/s1. The van der Waals surface area contributed by atoms with E-state index < -0.39 is 11.7 Å². The van der Waals surface area contributed by atoms with Crippen molar-refractivity contribution in [3.8, 4) is 28.4 Å². The Balaban J connectivity index is 1.22. The van der Waals surface area contributed by atoms with Crippen molar-refractivity contribution < 1.29 is 24.4 Å². The molecule has 0 spiro atoms. The average Bonchev–Trinajstić information content (AvgIpc) is 3.60. The fraction of sp³-hybridized carbons (Fsp3) is 0.357. The highest BCUT2D eigenvalue weighted by Gasteiger charge is 2.48. The van der Waals surface area contributed by atoms with Crippen molar-refractivity contribution in [2.45, 2.75) is 50.3 Å². The first-order valence-corrected chi connectivity index (χ1v) is 12.8. The van der Waals surface area contributed by atoms with E-state index in [0.717, 1.165) is 22.3 Å². The Hall–Kier alpha value is -3.01. The molecule has 2 aliphatic rings. The van der Waals surface area contributed by atoms with E-state index in [1.165, 1.54) is 0 Å². The van der Waals surface area contributed by atoms with Gasteiger partial charge in [-0.25, -0.2) is 4.98 Å². The SMILES string of the molecule is CCC(C)(O)c1ccc(-c2ccc(-c3nc4nc(O[C@@H]5CO[C@H]6[C@@H]5OC[C@H]6O)[nH]c4cc3Cl)cc2)cc1. The van der Waals surface area contributed by atoms with Crippen LogP contribution in [0.25, 0.3) is 33.5 Å². The molecule has 0 amide bonds. The molecule has 0 saturated carbocycles. The van der Waals surface area contributed by atoms with Crippen LogP contribution in [-0.4, -0.2) is 62.8 Å². The summed E-state index contributed by atoms with van der Waals surface area (Å²) in [5.41, 5.74) is 4.81. The second-order valence-corrected chi connectivity index (χ2v) is 10.2. The van der Waals surface area contributed by atoms with Crippen molar-refractivity contribution in [3.63, 3.8) is 0 Å². The number of aromatic amines is 1. The number of aromatic nitrogens is 3. The minimum absolute atomic E-state index is 0.237. The van der Waals surface area contributed by atoms with Gasteiger partial charge in [0.05, 0.1) is 35.0 Å². The normalized spacial score (nSPS) is 24.8. The summed E-state index contributed by atoms with van der Waals surface area (Å²) in [5.74, 6) is 0. The van der Waals surface area contributed by atoms with Crippen molar-refractivity contribution in [3.05, 3.63) is 65.2 Å². The van der Waals surface area contributed by atoms with Gasteiger partial charge in [-0.3, -0.25) is 0 Å². The Kier molecular flexibility index (Phi) is 6.17. The summed E-state index contributed by atoms with van der Waals surface area (Å²) in [5, 5.41) is 20.9. The number of hydrogen-bond donors (Lipinski definition) is 3. The number of ether oxygens (including phenoxy) is 3. The second kappa shape index (κ2) is 9.38. The van der Waals surface area contributed by atoms with E-state index >= 15 is 0 Å². The molecule has 4 heterocycles. The summed E-state index contributed by atoms with van der Waals surface area (Å²) < 4.78 is 17.2. The van der Waals surface area contributed by atoms with Crippen LogP contribution in [-0.2, 0) is 15.1 Å². The molecular weight excluding hydrogens is 494 g/mol. The van der Waals surface area contributed by atoms with Gasteiger partial charge in [0.15, 0.2) is 11.8 Å². The monoisotopic (exact) mass is 521 g/mol. The summed E-state index contributed by atoms with van der Waals surface area (Å²) >= 11 is 6.59. The zero-order valence-electron chi connectivity index (χ0n) is 20.5. The van der Waals surface area contributed by atoms with Gasteiger partial charge in [0.2, 0.25) is 0 Å². The maximum atomic E-state index is 10.5. The molecule has 5 atom stereocenters. The molecule has 4 aromatic rings. The van der Waals surface area contributed by atoms with Gasteiger partial charge in [0.25, 0.3) is 6.01 Å². The number of H-pyrrole nitrogens is 1. The van der Waals surface area contributed by atoms with Crippen molar-refractivity contribution in [2.75, 3.05) is 13.2 Å². The molecule has 0 bridgehead atoms. The van der Waals surface area contributed by atoms with Crippen LogP contribution in [0.5, 0.6) is 6.01 Å². The summed E-state index contributed by atoms with van der Waals surface area (Å²) in [6, 6.07) is 18.1. The largest absolute Gasteiger partial charge is 0.456 e. The number of fused-ring (bicyclic) bond motifs is 2. The Morgan fingerprint density at radius 2 is 1.65 bits per heavy atom. The van der Waals surface area contributed by atoms with Crippen molar-refractivity contribution in [1.82, 2.24) is 15.0 Å². The van der Waals surface area contributed by atoms with E-state index in [1.807, 2.05) is 62.4 Å². The molecular formula is C28H28ClN3O5. The first-order valence-electron chi connectivity index (χ1n) is 12.4. The lowest BCUT2D eigenvalue weighted by molar-refractivity contribution is 0.00706. The van der Waals surface area contributed by atoms with Crippen LogP contribution < -0.4 is 4.74 Å². The molecule has 3 N–H and O–H groups in total. The van der Waals surface area contributed by atoms with Crippen LogP contribution >= 0.6 is 11.6 Å². The van der Waals surface area contributed by atoms with E-state index in [4.69, 9.17) is 25.8 Å². The first kappa shape index (κ1) is 24.3. The maximum Gasteiger partial charge on any atom is 0.296 e. The third-order valence-corrected chi connectivity index (χ3v) is 7.62. The van der Waals surface area contributed by atoms with Crippen molar-refractivity contribution >= 4 is 22.8 Å². The molecule has 2 fully saturated rings. The number of rotatable bonds is 6. The molecule has 1 unspecified atom stereocenters. The number of pyridine rings is 1. The molecule has 0 aliphatic carbocycles. The fourth-order valence-electron chi connectivity index (χ4n) is 4.89. The Morgan fingerprint density at radius 1 is 1.00 bits per heavy atom. The number of halogens is 1. The lowest BCUT2D eigenvalue weighted by Gasteiger charge is -2.22. The van der Waals surface area contributed by atoms with Gasteiger partial charge in [-0.05, 0) is 36.1 Å². The van der Waals surface area contributed by atoms with E-state index in [0.29, 0.717) is 40.9 Å². The van der Waals surface area contributed by atoms with Crippen molar-refractivity contribution in [2.24, 2.45) is 0 Å². The highest BCUT2D eigenvalue weighted by molar-refractivity contribution is 6.33. The van der Waals surface area contributed by atoms with Crippen LogP contribution in [0.1, 0.15) is 25.8 Å². The van der Waals surface area contributed by atoms with Crippen LogP contribution in [0, 0.1) is 0 Å². The lowest BCUT2D eigenvalue weighted by Crippen LogP contribution is -2.34. The van der Waals surface area contributed by atoms with Crippen LogP contribution in [0.3, 0.4) is 0 Å². The molecule has 192 valence electrons. The van der Waals surface area contributed by atoms with Crippen LogP contribution in [0.15, 0.2) is 54.6 Å². The summed E-state index contributed by atoms with van der Waals surface area (Å²) in [6.07, 6.45) is -1.06.